The molecule has 0 aromatic carbocycles. The summed E-state index contributed by atoms with van der Waals surface area (Å²) in [7, 11) is 0. The predicted octanol–water partition coefficient (Wildman–Crippen LogP) is -1.83. The van der Waals surface area contributed by atoms with Crippen molar-refractivity contribution in [3.05, 3.63) is 0 Å². The van der Waals surface area contributed by atoms with Gasteiger partial charge in [-0.25, -0.2) is 0 Å². The number of carboxylic acids is 4. The molecule has 1 rings (SSSR count). The van der Waals surface area contributed by atoms with E-state index in [2.05, 4.69) is 0 Å². The Morgan fingerprint density at radius 3 is 1.93 bits per heavy atom. The summed E-state index contributed by atoms with van der Waals surface area (Å²) in [5, 5.41) is 36.7. The number of aliphatic carboxylic acids is 4. The van der Waals surface area contributed by atoms with Crippen LogP contribution in [0.5, 0.6) is 0 Å². The molecular formula is C16H25N3O9. The Bertz CT molecular complexity index is 582. The Hall–Kier alpha value is -2.57. The zero-order valence-corrected chi connectivity index (χ0v) is 15.3. The van der Waals surface area contributed by atoms with E-state index in [-0.39, 0.29) is 39.0 Å². The Kier molecular flexibility index (Phi) is 9.48. The molecule has 0 aliphatic carbocycles. The summed E-state index contributed by atoms with van der Waals surface area (Å²) in [6, 6.07) is 0. The van der Waals surface area contributed by atoms with Crippen LogP contribution in [0.4, 0.5) is 0 Å². The molecule has 1 saturated heterocycles. The summed E-state index contributed by atoms with van der Waals surface area (Å²) in [6.45, 7) is -1.56. The van der Waals surface area contributed by atoms with Gasteiger partial charge in [-0.05, 0) is 6.42 Å². The third-order valence-electron chi connectivity index (χ3n) is 4.40. The van der Waals surface area contributed by atoms with Crippen LogP contribution in [0.25, 0.3) is 0 Å². The fourth-order valence-corrected chi connectivity index (χ4v) is 3.54. The van der Waals surface area contributed by atoms with Crippen molar-refractivity contribution >= 4 is 30.2 Å². The molecule has 158 valence electrons. The van der Waals surface area contributed by atoms with Crippen molar-refractivity contribution in [2.75, 3.05) is 45.8 Å². The average molecular weight is 403 g/mol. The molecule has 1 fully saturated rings. The zero-order valence-electron chi connectivity index (χ0n) is 15.3. The van der Waals surface area contributed by atoms with Gasteiger partial charge < -0.3 is 25.2 Å². The molecule has 28 heavy (non-hydrogen) atoms. The van der Waals surface area contributed by atoms with Crippen molar-refractivity contribution in [1.82, 2.24) is 14.7 Å². The highest BCUT2D eigenvalue weighted by Gasteiger charge is 2.38. The van der Waals surface area contributed by atoms with Crippen molar-refractivity contribution in [1.29, 1.82) is 0 Å². The van der Waals surface area contributed by atoms with E-state index in [1.54, 1.807) is 4.90 Å². The maximum absolute atomic E-state index is 11.3. The predicted molar refractivity (Wildman–Crippen MR) is 92.7 cm³/mol. The lowest BCUT2D eigenvalue weighted by Gasteiger charge is -2.40. The second-order valence-corrected chi connectivity index (χ2v) is 6.60. The van der Waals surface area contributed by atoms with Gasteiger partial charge >= 0.3 is 23.9 Å². The Morgan fingerprint density at radius 2 is 1.46 bits per heavy atom. The molecule has 0 spiro atoms. The summed E-state index contributed by atoms with van der Waals surface area (Å²) in [5.74, 6) is -5.35. The van der Waals surface area contributed by atoms with Crippen LogP contribution in [0.1, 0.15) is 12.8 Å². The fraction of sp³-hybridized carbons (Fsp3) is 0.688. The largest absolute Gasteiger partial charge is 0.480 e. The number of hydrogen-bond donors (Lipinski definition) is 4. The standard InChI is InChI=1S/C16H25N3O9/c20-5-1-2-11-6-17(7-12(21)22)3-4-18(8-13(23)24)16(11)19(9-14(25)26)10-15(27)28/h5,11,16H,1-4,6-10H2,(H,21,22)(H,23,24)(H,25,26)(H,27,28). The quantitative estimate of drug-likeness (QED) is 0.268. The zero-order chi connectivity index (χ0) is 21.3. The van der Waals surface area contributed by atoms with E-state index in [0.717, 1.165) is 4.90 Å². The van der Waals surface area contributed by atoms with Crippen LogP contribution in [0.2, 0.25) is 0 Å². The Balaban J connectivity index is 3.29. The third kappa shape index (κ3) is 7.98. The van der Waals surface area contributed by atoms with Gasteiger partial charge in [0, 0.05) is 32.0 Å². The van der Waals surface area contributed by atoms with Gasteiger partial charge in [-0.1, -0.05) is 0 Å². The van der Waals surface area contributed by atoms with Crippen LogP contribution < -0.4 is 0 Å². The Morgan fingerprint density at radius 1 is 0.893 bits per heavy atom. The molecule has 2 unspecified atom stereocenters. The lowest BCUT2D eigenvalue weighted by atomic mass is 9.97. The molecule has 1 aliphatic heterocycles. The molecule has 0 aromatic rings. The second kappa shape index (κ2) is 11.3. The minimum atomic E-state index is -1.28. The van der Waals surface area contributed by atoms with Crippen LogP contribution >= 0.6 is 0 Å². The number of rotatable bonds is 12. The first kappa shape index (κ1) is 23.5. The summed E-state index contributed by atoms with van der Waals surface area (Å²) in [5.41, 5.74) is 0. The minimum absolute atomic E-state index is 0.0942. The number of hydrogen-bond acceptors (Lipinski definition) is 8. The summed E-state index contributed by atoms with van der Waals surface area (Å²) < 4.78 is 0. The molecule has 0 aromatic heterocycles. The molecule has 2 atom stereocenters. The van der Waals surface area contributed by atoms with Crippen LogP contribution in [-0.2, 0) is 24.0 Å². The maximum Gasteiger partial charge on any atom is 0.317 e. The minimum Gasteiger partial charge on any atom is -0.480 e. The molecule has 12 nitrogen and oxygen atoms in total. The van der Waals surface area contributed by atoms with E-state index < -0.39 is 55.6 Å². The normalized spacial score (nSPS) is 21.2. The van der Waals surface area contributed by atoms with Gasteiger partial charge in [0.2, 0.25) is 0 Å². The summed E-state index contributed by atoms with van der Waals surface area (Å²) >= 11 is 0. The first-order chi connectivity index (χ1) is 13.1. The van der Waals surface area contributed by atoms with E-state index >= 15 is 0 Å². The molecule has 0 radical (unpaired) electrons. The molecule has 0 saturated carbocycles. The lowest BCUT2D eigenvalue weighted by molar-refractivity contribution is -0.148. The maximum atomic E-state index is 11.3. The van der Waals surface area contributed by atoms with Crippen molar-refractivity contribution in [3.8, 4) is 0 Å². The SMILES string of the molecule is O=CCCC1CN(CC(=O)O)CCN(CC(=O)O)C1N(CC(=O)O)CC(=O)O. The number of aldehydes is 1. The second-order valence-electron chi connectivity index (χ2n) is 6.60. The number of carbonyl (C=O) groups is 5. The van der Waals surface area contributed by atoms with Gasteiger partial charge in [0.15, 0.2) is 0 Å². The Labute approximate surface area is 160 Å². The highest BCUT2D eigenvalue weighted by atomic mass is 16.4. The topological polar surface area (TPSA) is 176 Å². The van der Waals surface area contributed by atoms with Crippen molar-refractivity contribution < 1.29 is 44.4 Å². The number of nitrogens with zero attached hydrogens (tertiary/aromatic N) is 3. The van der Waals surface area contributed by atoms with Gasteiger partial charge in [-0.15, -0.1) is 0 Å². The van der Waals surface area contributed by atoms with Crippen LogP contribution in [0.3, 0.4) is 0 Å². The average Bonchev–Trinajstić information content (AvgIpc) is 2.70. The van der Waals surface area contributed by atoms with Crippen LogP contribution in [-0.4, -0.2) is 117 Å². The molecule has 1 aliphatic rings. The van der Waals surface area contributed by atoms with Gasteiger partial charge in [0.1, 0.15) is 6.29 Å². The summed E-state index contributed by atoms with van der Waals surface area (Å²) in [6.07, 6.45) is 0.0960. The molecule has 12 heteroatoms. The number of carbonyl (C=O) groups excluding carboxylic acids is 1. The van der Waals surface area contributed by atoms with E-state index in [1.807, 2.05) is 0 Å². The molecule has 4 N–H and O–H groups in total. The molecular weight excluding hydrogens is 378 g/mol. The summed E-state index contributed by atoms with van der Waals surface area (Å²) in [4.78, 5) is 60.0. The van der Waals surface area contributed by atoms with Gasteiger partial charge in [-0.2, -0.15) is 0 Å². The van der Waals surface area contributed by atoms with Gasteiger partial charge in [0.25, 0.3) is 0 Å². The fourth-order valence-electron chi connectivity index (χ4n) is 3.54. The first-order valence-electron chi connectivity index (χ1n) is 8.65. The number of carboxylic acid groups (broad SMARTS) is 4. The van der Waals surface area contributed by atoms with Gasteiger partial charge in [0.05, 0.1) is 32.3 Å². The highest BCUT2D eigenvalue weighted by molar-refractivity contribution is 5.73. The lowest BCUT2D eigenvalue weighted by Crippen LogP contribution is -2.56. The first-order valence-corrected chi connectivity index (χ1v) is 8.65. The molecule has 0 amide bonds. The van der Waals surface area contributed by atoms with E-state index in [0.29, 0.717) is 6.29 Å². The van der Waals surface area contributed by atoms with Crippen molar-refractivity contribution in [2.45, 2.75) is 19.0 Å². The van der Waals surface area contributed by atoms with Crippen LogP contribution in [0, 0.1) is 5.92 Å². The van der Waals surface area contributed by atoms with Crippen molar-refractivity contribution in [3.63, 3.8) is 0 Å². The van der Waals surface area contributed by atoms with E-state index in [1.165, 1.54) is 4.90 Å². The monoisotopic (exact) mass is 403 g/mol. The smallest absolute Gasteiger partial charge is 0.317 e. The van der Waals surface area contributed by atoms with Gasteiger partial charge in [-0.3, -0.25) is 33.9 Å². The van der Waals surface area contributed by atoms with E-state index in [4.69, 9.17) is 5.11 Å². The van der Waals surface area contributed by atoms with E-state index in [9.17, 15) is 39.3 Å². The highest BCUT2D eigenvalue weighted by Crippen LogP contribution is 2.25. The van der Waals surface area contributed by atoms with Crippen molar-refractivity contribution in [2.24, 2.45) is 5.92 Å². The third-order valence-corrected chi connectivity index (χ3v) is 4.40. The van der Waals surface area contributed by atoms with Crippen LogP contribution in [0.15, 0.2) is 0 Å². The molecule has 0 bridgehead atoms. The molecule has 1 heterocycles.